The average molecular weight is 343 g/mol. The Balaban J connectivity index is 1.86. The first-order valence-corrected chi connectivity index (χ1v) is 9.11. The first-order valence-electron chi connectivity index (χ1n) is 9.11. The van der Waals surface area contributed by atoms with E-state index < -0.39 is 0 Å². The number of hydrogen-bond donors (Lipinski definition) is 2. The van der Waals surface area contributed by atoms with Crippen LogP contribution in [0.1, 0.15) is 41.3 Å². The molecule has 1 fully saturated rings. The van der Waals surface area contributed by atoms with E-state index in [9.17, 15) is 5.26 Å². The Morgan fingerprint density at radius 2 is 2.19 bits per heavy atom. The summed E-state index contributed by atoms with van der Waals surface area (Å²) in [6.07, 6.45) is 5.21. The van der Waals surface area contributed by atoms with Crippen molar-refractivity contribution in [3.63, 3.8) is 0 Å². The Hall–Kier alpha value is -2.84. The molecule has 26 heavy (non-hydrogen) atoms. The fourth-order valence-electron chi connectivity index (χ4n) is 4.85. The highest BCUT2D eigenvalue weighted by Crippen LogP contribution is 2.48. The zero-order valence-electron chi connectivity index (χ0n) is 15.0. The summed E-state index contributed by atoms with van der Waals surface area (Å²) >= 11 is 0. The van der Waals surface area contributed by atoms with Crippen LogP contribution in [0, 0.1) is 18.3 Å². The number of nitrogens with zero attached hydrogens (tertiary/aromatic N) is 3. The van der Waals surface area contributed by atoms with Gasteiger partial charge in [0.05, 0.1) is 0 Å². The molecule has 3 aromatic rings. The zero-order valence-corrected chi connectivity index (χ0v) is 15.0. The Labute approximate surface area is 152 Å². The standard InChI is InChI=1S/C21H21N5/c1-11-3-5-13-15(10-24-16(13)7-11)19-14(9-22)21(23)25-17-8-12-4-6-18(20(17)19)26(12)2/h3,5,7,10,12,18,24H,4,6,8H2,1-2H3,(H2,23,25)/t12-,18+/m1/s1. The molecule has 4 heterocycles. The quantitative estimate of drug-likeness (QED) is 0.706. The Morgan fingerprint density at radius 1 is 1.35 bits per heavy atom. The van der Waals surface area contributed by atoms with Gasteiger partial charge >= 0.3 is 0 Å². The van der Waals surface area contributed by atoms with Crippen LogP contribution < -0.4 is 5.73 Å². The molecule has 5 rings (SSSR count). The molecule has 0 spiro atoms. The van der Waals surface area contributed by atoms with Crippen molar-refractivity contribution in [2.75, 3.05) is 12.8 Å². The molecule has 1 aromatic carbocycles. The third-order valence-corrected chi connectivity index (χ3v) is 6.16. The average Bonchev–Trinajstić information content (AvgIpc) is 3.12. The van der Waals surface area contributed by atoms with E-state index in [0.29, 0.717) is 23.5 Å². The van der Waals surface area contributed by atoms with Gasteiger partial charge in [-0.25, -0.2) is 4.98 Å². The third-order valence-electron chi connectivity index (χ3n) is 6.16. The van der Waals surface area contributed by atoms with E-state index in [-0.39, 0.29) is 0 Å². The molecule has 2 atom stereocenters. The molecule has 0 unspecified atom stereocenters. The molecule has 0 saturated carbocycles. The van der Waals surface area contributed by atoms with Crippen LogP contribution in [-0.2, 0) is 6.42 Å². The van der Waals surface area contributed by atoms with Gasteiger partial charge in [-0.05, 0) is 38.4 Å². The zero-order chi connectivity index (χ0) is 18.0. The molecule has 1 saturated heterocycles. The van der Waals surface area contributed by atoms with E-state index >= 15 is 0 Å². The predicted octanol–water partition coefficient (Wildman–Crippen LogP) is 3.68. The number of nitriles is 1. The number of H-pyrrole nitrogens is 1. The number of aromatic amines is 1. The van der Waals surface area contributed by atoms with Gasteiger partial charge in [0.25, 0.3) is 0 Å². The predicted molar refractivity (Wildman–Crippen MR) is 103 cm³/mol. The molecular weight excluding hydrogens is 322 g/mol. The summed E-state index contributed by atoms with van der Waals surface area (Å²) in [5, 5.41) is 11.0. The van der Waals surface area contributed by atoms with Crippen molar-refractivity contribution in [1.82, 2.24) is 14.9 Å². The van der Waals surface area contributed by atoms with Crippen molar-refractivity contribution in [2.45, 2.75) is 38.3 Å². The SMILES string of the molecule is Cc1ccc2c(-c3c(C#N)c(N)nc4c3[C@@H]3CC[C@H](C4)N3C)c[nH]c2c1. The van der Waals surface area contributed by atoms with Crippen LogP contribution in [0.25, 0.3) is 22.0 Å². The van der Waals surface area contributed by atoms with Crippen LogP contribution in [0.5, 0.6) is 0 Å². The van der Waals surface area contributed by atoms with E-state index in [0.717, 1.165) is 40.6 Å². The minimum atomic E-state index is 0.314. The van der Waals surface area contributed by atoms with Gasteiger partial charge in [-0.1, -0.05) is 12.1 Å². The van der Waals surface area contributed by atoms with Gasteiger partial charge in [-0.2, -0.15) is 5.26 Å². The normalized spacial score (nSPS) is 21.7. The number of nitrogen functional groups attached to an aromatic ring is 1. The van der Waals surface area contributed by atoms with Gasteiger partial charge < -0.3 is 10.7 Å². The number of nitrogens with two attached hydrogens (primary N) is 1. The van der Waals surface area contributed by atoms with Crippen LogP contribution in [0.4, 0.5) is 5.82 Å². The lowest BCUT2D eigenvalue weighted by molar-refractivity contribution is 0.222. The van der Waals surface area contributed by atoms with Crippen molar-refractivity contribution < 1.29 is 0 Å². The van der Waals surface area contributed by atoms with Crippen molar-refractivity contribution in [1.29, 1.82) is 5.26 Å². The van der Waals surface area contributed by atoms with Crippen molar-refractivity contribution in [3.8, 4) is 17.2 Å². The molecule has 5 nitrogen and oxygen atoms in total. The number of aromatic nitrogens is 2. The van der Waals surface area contributed by atoms with Crippen molar-refractivity contribution >= 4 is 16.7 Å². The van der Waals surface area contributed by atoms with E-state index in [1.807, 2.05) is 6.20 Å². The number of pyridine rings is 1. The van der Waals surface area contributed by atoms with Gasteiger partial charge in [-0.15, -0.1) is 0 Å². The summed E-state index contributed by atoms with van der Waals surface area (Å²) in [7, 11) is 2.19. The highest BCUT2D eigenvalue weighted by molar-refractivity contribution is 5.99. The largest absolute Gasteiger partial charge is 0.383 e. The number of likely N-dealkylation sites (N-methyl/N-ethyl adjacent to an activating group) is 1. The maximum atomic E-state index is 9.86. The summed E-state index contributed by atoms with van der Waals surface area (Å²) in [6.45, 7) is 2.08. The molecule has 0 amide bonds. The summed E-state index contributed by atoms with van der Waals surface area (Å²) in [5.74, 6) is 0.353. The lowest BCUT2D eigenvalue weighted by atomic mass is 9.87. The molecule has 2 bridgehead atoms. The number of nitrogens with one attached hydrogen (secondary N) is 1. The van der Waals surface area contributed by atoms with Gasteiger partial charge in [0.1, 0.15) is 17.5 Å². The summed E-state index contributed by atoms with van der Waals surface area (Å²) in [6, 6.07) is 9.56. The maximum Gasteiger partial charge on any atom is 0.142 e. The lowest BCUT2D eigenvalue weighted by Gasteiger charge is -2.34. The fraction of sp³-hybridized carbons (Fsp3) is 0.333. The smallest absolute Gasteiger partial charge is 0.142 e. The van der Waals surface area contributed by atoms with Crippen LogP contribution in [0.15, 0.2) is 24.4 Å². The van der Waals surface area contributed by atoms with E-state index in [1.54, 1.807) is 0 Å². The molecule has 5 heteroatoms. The summed E-state index contributed by atoms with van der Waals surface area (Å²) in [4.78, 5) is 10.5. The van der Waals surface area contributed by atoms with Gasteiger partial charge in [0.2, 0.25) is 0 Å². The monoisotopic (exact) mass is 343 g/mol. The molecule has 2 aliphatic heterocycles. The molecular formula is C21H21N5. The maximum absolute atomic E-state index is 9.86. The van der Waals surface area contributed by atoms with E-state index in [2.05, 4.69) is 53.1 Å². The minimum Gasteiger partial charge on any atom is -0.383 e. The highest BCUT2D eigenvalue weighted by atomic mass is 15.2. The molecule has 2 aromatic heterocycles. The molecule has 0 aliphatic carbocycles. The Morgan fingerprint density at radius 3 is 3.00 bits per heavy atom. The van der Waals surface area contributed by atoms with Gasteiger partial charge in [0, 0.05) is 58.0 Å². The van der Waals surface area contributed by atoms with Crippen LogP contribution in [0.3, 0.4) is 0 Å². The molecule has 3 N–H and O–H groups in total. The second-order valence-electron chi connectivity index (χ2n) is 7.59. The van der Waals surface area contributed by atoms with E-state index in [1.165, 1.54) is 17.5 Å². The Bertz CT molecular complexity index is 1090. The lowest BCUT2D eigenvalue weighted by Crippen LogP contribution is -2.35. The van der Waals surface area contributed by atoms with E-state index in [4.69, 9.17) is 5.73 Å². The van der Waals surface area contributed by atoms with Gasteiger partial charge in [-0.3, -0.25) is 4.90 Å². The summed E-state index contributed by atoms with van der Waals surface area (Å²) in [5.41, 5.74) is 13.3. The number of fused-ring (bicyclic) bond motifs is 5. The fourth-order valence-corrected chi connectivity index (χ4v) is 4.85. The van der Waals surface area contributed by atoms with Crippen molar-refractivity contribution in [3.05, 3.63) is 46.8 Å². The third kappa shape index (κ3) is 1.96. The second kappa shape index (κ2) is 5.33. The minimum absolute atomic E-state index is 0.314. The number of aryl methyl sites for hydroxylation is 1. The molecule has 0 radical (unpaired) electrons. The van der Waals surface area contributed by atoms with Gasteiger partial charge in [0.15, 0.2) is 0 Å². The summed E-state index contributed by atoms with van der Waals surface area (Å²) < 4.78 is 0. The van der Waals surface area contributed by atoms with Crippen LogP contribution in [-0.4, -0.2) is 28.0 Å². The first-order chi connectivity index (χ1) is 12.6. The number of hydrogen-bond acceptors (Lipinski definition) is 4. The number of rotatable bonds is 1. The van der Waals surface area contributed by atoms with Crippen LogP contribution >= 0.6 is 0 Å². The van der Waals surface area contributed by atoms with Crippen LogP contribution in [0.2, 0.25) is 0 Å². The topological polar surface area (TPSA) is 81.7 Å². The number of anilines is 1. The first kappa shape index (κ1) is 15.4. The second-order valence-corrected chi connectivity index (χ2v) is 7.59. The molecule has 130 valence electrons. The Kier molecular flexibility index (Phi) is 3.16. The highest BCUT2D eigenvalue weighted by Gasteiger charge is 2.41. The molecule has 2 aliphatic rings. The van der Waals surface area contributed by atoms with Crippen molar-refractivity contribution in [2.24, 2.45) is 0 Å². The number of benzene rings is 1.